The maximum absolute atomic E-state index is 10.4. The Morgan fingerprint density at radius 2 is 1.16 bits per heavy atom. The van der Waals surface area contributed by atoms with Crippen molar-refractivity contribution in [1.82, 2.24) is 9.13 Å². The lowest BCUT2D eigenvalue weighted by atomic mass is 9.94. The van der Waals surface area contributed by atoms with Crippen molar-refractivity contribution in [1.29, 1.82) is 10.5 Å². The third kappa shape index (κ3) is 4.31. The van der Waals surface area contributed by atoms with Crippen molar-refractivity contribution in [3.8, 4) is 45.8 Å². The normalized spacial score (nSPS) is 11.1. The van der Waals surface area contributed by atoms with Crippen LogP contribution < -0.4 is 0 Å². The predicted octanol–water partition coefficient (Wildman–Crippen LogP) is 11.5. The van der Waals surface area contributed by atoms with Crippen molar-refractivity contribution < 1.29 is 0 Å². The summed E-state index contributed by atoms with van der Waals surface area (Å²) >= 11 is 0. The van der Waals surface area contributed by atoms with Crippen LogP contribution in [0.25, 0.3) is 82.1 Å². The average Bonchev–Trinajstić information content (AvgIpc) is 3.70. The van der Waals surface area contributed by atoms with Crippen LogP contribution in [-0.2, 0) is 0 Å². The summed E-state index contributed by atoms with van der Waals surface area (Å²) in [5.41, 5.74) is 11.5. The molecule has 0 aliphatic heterocycles. The van der Waals surface area contributed by atoms with Crippen LogP contribution >= 0.6 is 0 Å². The number of benzene rings is 7. The van der Waals surface area contributed by atoms with E-state index in [1.54, 1.807) is 0 Å². The SMILES string of the molecule is [C-]#[N+]c1cccc2c3ccccc3n(-c3ccccc3-c3ccc(-c4ccc(-n5c6ccccc6c6cc(C#N)ccc65)cc4)c(C#N)c3)c12. The third-order valence-electron chi connectivity index (χ3n) is 9.63. The number of hydrogen-bond acceptors (Lipinski definition) is 2. The fraction of sp³-hybridized carbons (Fsp3) is 0. The smallest absolute Gasteiger partial charge is 0.211 e. The number of aromatic nitrogens is 2. The molecule has 0 atom stereocenters. The summed E-state index contributed by atoms with van der Waals surface area (Å²) < 4.78 is 4.40. The predicted molar refractivity (Wildman–Crippen MR) is 202 cm³/mol. The number of nitrogens with zero attached hydrogens (tertiary/aromatic N) is 5. The molecule has 0 fully saturated rings. The van der Waals surface area contributed by atoms with Gasteiger partial charge in [-0.3, -0.25) is 0 Å². The highest BCUT2D eigenvalue weighted by Crippen LogP contribution is 2.41. The molecule has 50 heavy (non-hydrogen) atoms. The largest absolute Gasteiger partial charge is 0.318 e. The van der Waals surface area contributed by atoms with Crippen molar-refractivity contribution in [2.45, 2.75) is 0 Å². The highest BCUT2D eigenvalue weighted by Gasteiger charge is 2.19. The van der Waals surface area contributed by atoms with Crippen molar-refractivity contribution in [2.75, 3.05) is 0 Å². The molecular weight excluding hydrogens is 611 g/mol. The van der Waals surface area contributed by atoms with E-state index >= 15 is 0 Å². The van der Waals surface area contributed by atoms with Crippen LogP contribution in [0.5, 0.6) is 0 Å². The number of hydrogen-bond donors (Lipinski definition) is 0. The lowest BCUT2D eigenvalue weighted by molar-refractivity contribution is 1.18. The minimum Gasteiger partial charge on any atom is -0.318 e. The van der Waals surface area contributed by atoms with Gasteiger partial charge in [0, 0.05) is 27.4 Å². The van der Waals surface area contributed by atoms with Crippen LogP contribution in [0.1, 0.15) is 11.1 Å². The van der Waals surface area contributed by atoms with Crippen molar-refractivity contribution in [3.63, 3.8) is 0 Å². The molecule has 2 aromatic heterocycles. The number of rotatable bonds is 4. The zero-order valence-corrected chi connectivity index (χ0v) is 26.7. The Balaban J connectivity index is 1.15. The second kappa shape index (κ2) is 11.4. The lowest BCUT2D eigenvalue weighted by Crippen LogP contribution is -1.98. The van der Waals surface area contributed by atoms with Gasteiger partial charge in [0.1, 0.15) is 0 Å². The molecule has 0 bridgehead atoms. The van der Waals surface area contributed by atoms with Gasteiger partial charge in [0.25, 0.3) is 0 Å². The van der Waals surface area contributed by atoms with E-state index in [-0.39, 0.29) is 0 Å². The maximum Gasteiger partial charge on any atom is 0.211 e. The molecule has 0 saturated heterocycles. The lowest BCUT2D eigenvalue weighted by Gasteiger charge is -2.16. The average molecular weight is 636 g/mol. The second-order valence-electron chi connectivity index (χ2n) is 12.3. The van der Waals surface area contributed by atoms with E-state index < -0.39 is 0 Å². The van der Waals surface area contributed by atoms with Crippen LogP contribution in [0, 0.1) is 29.2 Å². The van der Waals surface area contributed by atoms with Crippen LogP contribution in [0.3, 0.4) is 0 Å². The van der Waals surface area contributed by atoms with E-state index in [2.05, 4.69) is 98.9 Å². The molecule has 0 radical (unpaired) electrons. The Morgan fingerprint density at radius 1 is 0.500 bits per heavy atom. The Morgan fingerprint density at radius 3 is 1.92 bits per heavy atom. The molecule has 9 rings (SSSR count). The second-order valence-corrected chi connectivity index (χ2v) is 12.3. The Hall–Kier alpha value is -7.39. The number of fused-ring (bicyclic) bond motifs is 6. The summed E-state index contributed by atoms with van der Waals surface area (Å²) in [5.74, 6) is 0. The summed E-state index contributed by atoms with van der Waals surface area (Å²) in [6, 6.07) is 55.5. The maximum atomic E-state index is 10.4. The van der Waals surface area contributed by atoms with Gasteiger partial charge in [0.15, 0.2) is 0 Å². The van der Waals surface area contributed by atoms with Gasteiger partial charge in [-0.1, -0.05) is 97.1 Å². The topological polar surface area (TPSA) is 61.8 Å². The minimum absolute atomic E-state index is 0.579. The molecule has 0 amide bonds. The molecule has 0 unspecified atom stereocenters. The molecule has 7 aromatic carbocycles. The van der Waals surface area contributed by atoms with Gasteiger partial charge < -0.3 is 9.13 Å². The first-order valence-electron chi connectivity index (χ1n) is 16.3. The Labute approximate surface area is 288 Å². The van der Waals surface area contributed by atoms with E-state index in [1.807, 2.05) is 78.9 Å². The molecule has 5 nitrogen and oxygen atoms in total. The van der Waals surface area contributed by atoms with Gasteiger partial charge in [0.2, 0.25) is 5.69 Å². The molecule has 0 N–H and O–H groups in total. The highest BCUT2D eigenvalue weighted by molar-refractivity contribution is 6.14. The highest BCUT2D eigenvalue weighted by atomic mass is 15.0. The summed E-state index contributed by atoms with van der Waals surface area (Å²) in [5, 5.41) is 24.2. The summed E-state index contributed by atoms with van der Waals surface area (Å²) in [4.78, 5) is 3.89. The fourth-order valence-electron chi connectivity index (χ4n) is 7.42. The summed E-state index contributed by atoms with van der Waals surface area (Å²) in [7, 11) is 0. The van der Waals surface area contributed by atoms with Gasteiger partial charge in [-0.2, -0.15) is 10.5 Å². The first-order valence-corrected chi connectivity index (χ1v) is 16.3. The molecule has 2 heterocycles. The molecule has 0 aliphatic rings. The van der Waals surface area contributed by atoms with Crippen LogP contribution in [-0.4, -0.2) is 9.13 Å². The monoisotopic (exact) mass is 635 g/mol. The van der Waals surface area contributed by atoms with Gasteiger partial charge in [-0.25, -0.2) is 4.85 Å². The van der Waals surface area contributed by atoms with E-state index in [1.165, 1.54) is 0 Å². The Kier molecular flexibility index (Phi) is 6.56. The number of para-hydroxylation sites is 4. The molecule has 230 valence electrons. The van der Waals surface area contributed by atoms with Gasteiger partial charge in [-0.05, 0) is 76.7 Å². The molecule has 0 saturated carbocycles. The van der Waals surface area contributed by atoms with Gasteiger partial charge in [-0.15, -0.1) is 0 Å². The van der Waals surface area contributed by atoms with Gasteiger partial charge in [0.05, 0.1) is 57.6 Å². The van der Waals surface area contributed by atoms with Crippen molar-refractivity contribution in [2.24, 2.45) is 0 Å². The van der Waals surface area contributed by atoms with E-state index in [4.69, 9.17) is 6.57 Å². The Bertz CT molecular complexity index is 2960. The molecule has 5 heteroatoms. The van der Waals surface area contributed by atoms with Crippen molar-refractivity contribution in [3.05, 3.63) is 174 Å². The summed E-state index contributed by atoms with van der Waals surface area (Å²) in [6.07, 6.45) is 0. The molecule has 9 aromatic rings. The fourth-order valence-corrected chi connectivity index (χ4v) is 7.42. The number of nitriles is 2. The zero-order valence-electron chi connectivity index (χ0n) is 26.7. The minimum atomic E-state index is 0.579. The zero-order chi connectivity index (χ0) is 33.8. The third-order valence-corrected chi connectivity index (χ3v) is 9.63. The van der Waals surface area contributed by atoms with Crippen molar-refractivity contribution >= 4 is 49.3 Å². The standard InChI is InChI=1S/C45H25N5/c1-48-40-13-8-12-38-36-10-3-7-16-43(36)50(45(38)40)41-14-5-2-9-35(41)31-20-23-34(32(26-31)28-47)30-18-21-33(22-19-30)49-42-15-6-4-11-37(42)39-25-29(27-46)17-24-44(39)49/h2-26H. The van der Waals surface area contributed by atoms with Crippen LogP contribution in [0.15, 0.2) is 152 Å². The first kappa shape index (κ1) is 28.8. The first-order chi connectivity index (χ1) is 24.7. The molecule has 0 spiro atoms. The van der Waals surface area contributed by atoms with Gasteiger partial charge >= 0.3 is 0 Å². The summed E-state index contributed by atoms with van der Waals surface area (Å²) in [6.45, 7) is 7.94. The van der Waals surface area contributed by atoms with Crippen LogP contribution in [0.2, 0.25) is 0 Å². The van der Waals surface area contributed by atoms with Crippen LogP contribution in [0.4, 0.5) is 5.69 Å². The van der Waals surface area contributed by atoms with E-state index in [0.717, 1.165) is 77.2 Å². The quantitative estimate of drug-likeness (QED) is 0.181. The molecular formula is C45H25N5. The molecule has 0 aliphatic carbocycles. The van der Waals surface area contributed by atoms with E-state index in [0.29, 0.717) is 16.8 Å². The van der Waals surface area contributed by atoms with E-state index in [9.17, 15) is 10.5 Å².